The predicted molar refractivity (Wildman–Crippen MR) is 95.4 cm³/mol. The van der Waals surface area contributed by atoms with Crippen LogP contribution in [0, 0.1) is 0 Å². The third-order valence-electron chi connectivity index (χ3n) is 0.841. The van der Waals surface area contributed by atoms with Gasteiger partial charge in [0.1, 0.15) is 0 Å². The number of hydrogen-bond acceptors (Lipinski definition) is 0. The Labute approximate surface area is 142 Å². The van der Waals surface area contributed by atoms with E-state index in [-0.39, 0.29) is 0 Å². The van der Waals surface area contributed by atoms with E-state index in [1.807, 2.05) is 0 Å². The summed E-state index contributed by atoms with van der Waals surface area (Å²) in [6, 6.07) is 0. The van der Waals surface area contributed by atoms with E-state index >= 15 is 0 Å². The third-order valence-corrected chi connectivity index (χ3v) is 10.3. The van der Waals surface area contributed by atoms with Crippen LogP contribution >= 0.6 is 65.5 Å². The van der Waals surface area contributed by atoms with Gasteiger partial charge >= 0.3 is 49.6 Å². The Kier molecular flexibility index (Phi) is 11.5. The molecule has 0 N–H and O–H groups in total. The van der Waals surface area contributed by atoms with Gasteiger partial charge in [0.25, 0.3) is 0 Å². The number of nitrogens with zero attached hydrogens (tertiary/aromatic N) is 2. The van der Waals surface area contributed by atoms with E-state index in [9.17, 15) is 0 Å². The Bertz CT molecular complexity index is 228. The summed E-state index contributed by atoms with van der Waals surface area (Å²) in [6.45, 7) is 12.7. The van der Waals surface area contributed by atoms with E-state index in [0.717, 1.165) is 0 Å². The summed E-state index contributed by atoms with van der Waals surface area (Å²) < 4.78 is 8.95. The van der Waals surface area contributed by atoms with Crippen LogP contribution in [0.3, 0.4) is 0 Å². The van der Waals surface area contributed by atoms with Crippen molar-refractivity contribution >= 4 is 82.0 Å². The molecule has 0 radical (unpaired) electrons. The summed E-state index contributed by atoms with van der Waals surface area (Å²) in [4.78, 5) is 0. The van der Waals surface area contributed by atoms with Gasteiger partial charge < -0.3 is 9.51 Å². The fourth-order valence-corrected chi connectivity index (χ4v) is 15.3. The van der Waals surface area contributed by atoms with Gasteiger partial charge in [-0.05, 0) is 16.5 Å². The molecule has 0 fully saturated rings. The first kappa shape index (κ1) is 23.5. The van der Waals surface area contributed by atoms with Gasteiger partial charge in [-0.15, -0.1) is 0 Å². The first-order valence-electron chi connectivity index (χ1n) is 4.86. The molecule has 0 aliphatic heterocycles. The average Bonchev–Trinajstić information content (AvgIpc) is 1.64. The van der Waals surface area contributed by atoms with Crippen LogP contribution in [-0.2, 0) is 12.8 Å². The molecule has 0 amide bonds. The van der Waals surface area contributed by atoms with Crippen molar-refractivity contribution in [1.29, 1.82) is 0 Å². The Balaban J connectivity index is 0. The fraction of sp³-hybridized carbons (Fsp3) is 1.00. The van der Waals surface area contributed by atoms with Crippen LogP contribution in [0.2, 0.25) is 39.3 Å². The molecule has 12 heteroatoms. The molecule has 0 aromatic carbocycles. The van der Waals surface area contributed by atoms with Crippen LogP contribution in [0.15, 0.2) is 0 Å². The summed E-state index contributed by atoms with van der Waals surface area (Å²) in [6.07, 6.45) is -2.37. The van der Waals surface area contributed by atoms with Gasteiger partial charge in [-0.1, -0.05) is 39.3 Å². The predicted octanol–water partition coefficient (Wildman–Crippen LogP) is 8.31. The van der Waals surface area contributed by atoms with Crippen molar-refractivity contribution in [2.45, 2.75) is 39.3 Å². The monoisotopic (exact) mass is 596 g/mol. The summed E-state index contributed by atoms with van der Waals surface area (Å²) in [5, 5.41) is 0. The molecule has 0 unspecified atom stereocenters. The number of hydrogen-bond donors (Lipinski definition) is 0. The first-order chi connectivity index (χ1) is 7.41. The van der Waals surface area contributed by atoms with Gasteiger partial charge in [0.15, 0.2) is 0 Å². The third kappa shape index (κ3) is 27.6. The summed E-state index contributed by atoms with van der Waals surface area (Å²) >= 11 is 8.90. The molecule has 0 bridgehead atoms. The molecule has 113 valence electrons. The molecule has 0 aliphatic carbocycles. The van der Waals surface area contributed by atoms with Crippen LogP contribution in [0.5, 0.6) is 0 Å². The SMILES string of the molecule is C[Si](C)(C)[N-][P+](Cl)(Cl)[N-][Si](C)(C)C.[Cl][Ta]([Cl])([Cl])[Cl]. The molecular weight excluding hydrogens is 581 g/mol. The maximum absolute atomic E-state index is 6.12. The summed E-state index contributed by atoms with van der Waals surface area (Å²) in [5.41, 5.74) is 0. The Morgan fingerprint density at radius 3 is 1.00 bits per heavy atom. The van der Waals surface area contributed by atoms with E-state index in [2.05, 4.69) is 48.8 Å². The second-order valence-electron chi connectivity index (χ2n) is 5.38. The standard InChI is InChI=1S/C6H18Cl2N2PSi2.4ClH.Ta/c1-12(2,3)9-11(7,8)10-13(4,5)6;;;;;/h1-6H3;4*1H;/q-1;;;;;+4/p-4. The molecule has 0 spiro atoms. The van der Waals surface area contributed by atoms with Crippen molar-refractivity contribution in [3.05, 3.63) is 9.51 Å². The van der Waals surface area contributed by atoms with Crippen LogP contribution in [0.25, 0.3) is 9.51 Å². The van der Waals surface area contributed by atoms with Gasteiger partial charge in [-0.25, -0.2) is 0 Å². The quantitative estimate of drug-likeness (QED) is 0.230. The molecule has 0 saturated heterocycles. The molecule has 0 aliphatic rings. The zero-order valence-electron chi connectivity index (χ0n) is 11.1. The van der Waals surface area contributed by atoms with Crippen molar-refractivity contribution < 1.29 is 12.8 Å². The molecule has 0 atom stereocenters. The summed E-state index contributed by atoms with van der Waals surface area (Å²) in [7, 11) is 17.1. The Hall–Kier alpha value is 3.26. The van der Waals surface area contributed by atoms with Crippen molar-refractivity contribution in [3.63, 3.8) is 0 Å². The second-order valence-corrected chi connectivity index (χ2v) is 47.8. The molecule has 0 aromatic rings. The van der Waals surface area contributed by atoms with Gasteiger partial charge in [-0.3, -0.25) is 0 Å². The van der Waals surface area contributed by atoms with E-state index in [4.69, 9.17) is 59.2 Å². The van der Waals surface area contributed by atoms with Gasteiger partial charge in [0, 0.05) is 0 Å². The molecule has 0 saturated carbocycles. The van der Waals surface area contributed by atoms with Crippen LogP contribution in [0.4, 0.5) is 0 Å². The van der Waals surface area contributed by atoms with Gasteiger partial charge in [0.2, 0.25) is 0 Å². The van der Waals surface area contributed by atoms with Crippen molar-refractivity contribution in [2.24, 2.45) is 0 Å². The minimum absolute atomic E-state index is 1.55. The maximum atomic E-state index is 6.12. The van der Waals surface area contributed by atoms with Crippen molar-refractivity contribution in [3.8, 4) is 0 Å². The van der Waals surface area contributed by atoms with E-state index in [0.29, 0.717) is 0 Å². The van der Waals surface area contributed by atoms with E-state index in [1.54, 1.807) is 0 Å². The first-order valence-corrected chi connectivity index (χ1v) is 31.2. The topological polar surface area (TPSA) is 28.2 Å². The van der Waals surface area contributed by atoms with Crippen LogP contribution < -0.4 is 0 Å². The van der Waals surface area contributed by atoms with Crippen molar-refractivity contribution in [2.75, 3.05) is 0 Å². The van der Waals surface area contributed by atoms with E-state index < -0.39 is 35.5 Å². The molecule has 0 rings (SSSR count). The normalized spacial score (nSPS) is 14.0. The van der Waals surface area contributed by atoms with E-state index in [1.165, 1.54) is 0 Å². The molecular formula is C6H18Cl6N2PSi2Ta-. The Morgan fingerprint density at radius 1 is 0.722 bits per heavy atom. The zero-order chi connectivity index (χ0) is 15.4. The number of halogens is 6. The van der Waals surface area contributed by atoms with Gasteiger partial charge in [-0.2, -0.15) is 0 Å². The van der Waals surface area contributed by atoms with Crippen LogP contribution in [0.1, 0.15) is 0 Å². The second kappa shape index (κ2) is 8.78. The molecule has 18 heavy (non-hydrogen) atoms. The number of rotatable bonds is 4. The fourth-order valence-electron chi connectivity index (χ4n) is 0.744. The Morgan fingerprint density at radius 2 is 0.889 bits per heavy atom. The van der Waals surface area contributed by atoms with Gasteiger partial charge in [0.05, 0.1) is 28.8 Å². The molecule has 2 nitrogen and oxygen atoms in total. The molecule has 0 aromatic heterocycles. The van der Waals surface area contributed by atoms with Crippen LogP contribution in [-0.4, -0.2) is 16.5 Å². The van der Waals surface area contributed by atoms with Crippen molar-refractivity contribution in [1.82, 2.24) is 0 Å². The summed E-state index contributed by atoms with van der Waals surface area (Å²) in [5.74, 6) is 0. The molecule has 0 heterocycles. The average molecular weight is 599 g/mol. The zero-order valence-corrected chi connectivity index (χ0v) is 21.7. The minimum atomic E-state index is -3.33.